The van der Waals surface area contributed by atoms with E-state index in [1.165, 1.54) is 0 Å². The summed E-state index contributed by atoms with van der Waals surface area (Å²) in [4.78, 5) is 0. The van der Waals surface area contributed by atoms with Crippen molar-refractivity contribution in [1.82, 2.24) is 0 Å². The fourth-order valence-corrected chi connectivity index (χ4v) is 0.974. The van der Waals surface area contributed by atoms with Crippen LogP contribution in [0.4, 0.5) is 26.3 Å². The van der Waals surface area contributed by atoms with Crippen molar-refractivity contribution in [1.29, 1.82) is 0 Å². The summed E-state index contributed by atoms with van der Waals surface area (Å²) in [5.41, 5.74) is -0.831. The van der Waals surface area contributed by atoms with E-state index >= 15 is 0 Å². The molecule has 0 bridgehead atoms. The predicted molar refractivity (Wildman–Crippen MR) is 46.5 cm³/mol. The molecule has 0 aromatic heterocycles. The van der Waals surface area contributed by atoms with Crippen molar-refractivity contribution in [3.05, 3.63) is 41.5 Å². The van der Waals surface area contributed by atoms with Crippen LogP contribution in [-0.2, 0) is 6.18 Å². The van der Waals surface area contributed by atoms with Gasteiger partial charge in [-0.3, -0.25) is 0 Å². The van der Waals surface area contributed by atoms with Gasteiger partial charge in [0.2, 0.25) is 0 Å². The summed E-state index contributed by atoms with van der Waals surface area (Å²) in [5, 5.41) is 0. The molecule has 1 aromatic rings. The minimum absolute atomic E-state index is 0.0321. The van der Waals surface area contributed by atoms with Crippen molar-refractivity contribution >= 4 is 6.08 Å². The number of rotatable bonds is 1. The molecule has 0 nitrogen and oxygen atoms in total. The van der Waals surface area contributed by atoms with Gasteiger partial charge in [-0.1, -0.05) is 18.2 Å². The summed E-state index contributed by atoms with van der Waals surface area (Å²) in [7, 11) is 0. The molecule has 88 valence electrons. The van der Waals surface area contributed by atoms with Crippen LogP contribution in [0.5, 0.6) is 0 Å². The normalized spacial score (nSPS) is 13.4. The van der Waals surface area contributed by atoms with Gasteiger partial charge in [0.25, 0.3) is 0 Å². The molecule has 0 atom stereocenters. The topological polar surface area (TPSA) is 0 Å². The van der Waals surface area contributed by atoms with E-state index in [1.807, 2.05) is 0 Å². The van der Waals surface area contributed by atoms with Crippen LogP contribution < -0.4 is 0 Å². The SMILES string of the molecule is FC(F)(F)/C=C\c1ccc(C(F)(F)F)cc1. The van der Waals surface area contributed by atoms with E-state index in [1.54, 1.807) is 0 Å². The summed E-state index contributed by atoms with van der Waals surface area (Å²) in [6.07, 6.45) is -8.27. The van der Waals surface area contributed by atoms with Gasteiger partial charge in [-0.2, -0.15) is 26.3 Å². The smallest absolute Gasteiger partial charge is 0.167 e. The quantitative estimate of drug-likeness (QED) is 0.642. The van der Waals surface area contributed by atoms with Gasteiger partial charge in [0.1, 0.15) is 0 Å². The van der Waals surface area contributed by atoms with Crippen LogP contribution in [0.25, 0.3) is 6.08 Å². The van der Waals surface area contributed by atoms with Crippen LogP contribution in [0.15, 0.2) is 30.3 Å². The Kier molecular flexibility index (Phi) is 3.30. The van der Waals surface area contributed by atoms with Crippen molar-refractivity contribution < 1.29 is 26.3 Å². The highest BCUT2D eigenvalue weighted by atomic mass is 19.4. The Morgan fingerprint density at radius 2 is 1.31 bits per heavy atom. The van der Waals surface area contributed by atoms with Crippen LogP contribution in [0.2, 0.25) is 0 Å². The number of alkyl halides is 6. The van der Waals surface area contributed by atoms with Gasteiger partial charge in [-0.05, 0) is 17.7 Å². The first-order valence-electron chi connectivity index (χ1n) is 4.12. The number of allylic oxidation sites excluding steroid dienone is 1. The lowest BCUT2D eigenvalue weighted by Crippen LogP contribution is -2.04. The van der Waals surface area contributed by atoms with Crippen LogP contribution in [0, 0.1) is 0 Å². The third-order valence-corrected chi connectivity index (χ3v) is 1.70. The maximum absolute atomic E-state index is 12.1. The van der Waals surface area contributed by atoms with Crippen LogP contribution in [0.3, 0.4) is 0 Å². The van der Waals surface area contributed by atoms with Gasteiger partial charge in [0, 0.05) is 6.08 Å². The lowest BCUT2D eigenvalue weighted by Gasteiger charge is -2.06. The molecule has 0 aliphatic heterocycles. The van der Waals surface area contributed by atoms with Crippen molar-refractivity contribution in [3.8, 4) is 0 Å². The molecule has 0 saturated heterocycles. The van der Waals surface area contributed by atoms with Gasteiger partial charge in [0.15, 0.2) is 0 Å². The molecule has 0 radical (unpaired) electrons. The molecule has 0 N–H and O–H groups in total. The van der Waals surface area contributed by atoms with E-state index in [9.17, 15) is 26.3 Å². The van der Waals surface area contributed by atoms with Gasteiger partial charge in [-0.25, -0.2) is 0 Å². The molecular formula is C10H6F6. The molecule has 16 heavy (non-hydrogen) atoms. The fourth-order valence-electron chi connectivity index (χ4n) is 0.974. The molecule has 0 spiro atoms. The Labute approximate surface area is 87.2 Å². The second-order valence-corrected chi connectivity index (χ2v) is 2.99. The molecule has 0 aliphatic rings. The number of benzene rings is 1. The van der Waals surface area contributed by atoms with Gasteiger partial charge in [-0.15, -0.1) is 0 Å². The molecular weight excluding hydrogens is 234 g/mol. The third kappa shape index (κ3) is 3.96. The molecule has 1 rings (SSSR count). The monoisotopic (exact) mass is 240 g/mol. The molecule has 0 saturated carbocycles. The zero-order valence-electron chi connectivity index (χ0n) is 7.73. The third-order valence-electron chi connectivity index (χ3n) is 1.70. The molecule has 0 heterocycles. The number of halogens is 6. The molecule has 0 amide bonds. The average molecular weight is 240 g/mol. The first kappa shape index (κ1) is 12.6. The van der Waals surface area contributed by atoms with E-state index in [0.717, 1.165) is 24.3 Å². The van der Waals surface area contributed by atoms with E-state index < -0.39 is 17.9 Å². The van der Waals surface area contributed by atoms with Crippen LogP contribution >= 0.6 is 0 Å². The molecule has 0 aliphatic carbocycles. The van der Waals surface area contributed by atoms with Crippen molar-refractivity contribution in [2.75, 3.05) is 0 Å². The highest BCUT2D eigenvalue weighted by Crippen LogP contribution is 2.29. The average Bonchev–Trinajstić information content (AvgIpc) is 2.13. The molecule has 0 unspecified atom stereocenters. The molecule has 0 fully saturated rings. The fraction of sp³-hybridized carbons (Fsp3) is 0.200. The van der Waals surface area contributed by atoms with Gasteiger partial charge in [0.05, 0.1) is 5.56 Å². The van der Waals surface area contributed by atoms with Crippen molar-refractivity contribution in [2.45, 2.75) is 12.4 Å². The summed E-state index contributed by atoms with van der Waals surface area (Å²) >= 11 is 0. The van der Waals surface area contributed by atoms with E-state index in [0.29, 0.717) is 6.08 Å². The van der Waals surface area contributed by atoms with E-state index in [4.69, 9.17) is 0 Å². The largest absolute Gasteiger partial charge is 0.416 e. The lowest BCUT2D eigenvalue weighted by molar-refractivity contribution is -0.137. The Hall–Kier alpha value is -1.46. The second kappa shape index (κ2) is 4.19. The Balaban J connectivity index is 2.85. The highest BCUT2D eigenvalue weighted by Gasteiger charge is 2.29. The van der Waals surface area contributed by atoms with E-state index in [-0.39, 0.29) is 11.6 Å². The first-order valence-corrected chi connectivity index (χ1v) is 4.12. The molecule has 6 heteroatoms. The number of hydrogen-bond donors (Lipinski definition) is 0. The zero-order chi connectivity index (χ0) is 12.4. The predicted octanol–water partition coefficient (Wildman–Crippen LogP) is 4.28. The van der Waals surface area contributed by atoms with Crippen molar-refractivity contribution in [3.63, 3.8) is 0 Å². The lowest BCUT2D eigenvalue weighted by atomic mass is 10.1. The summed E-state index contributed by atoms with van der Waals surface area (Å²) in [6, 6.07) is 3.42. The standard InChI is InChI=1S/C10H6F6/c11-9(12,13)6-5-7-1-3-8(4-2-7)10(14,15)16/h1-6H/b6-5-. The number of hydrogen-bond acceptors (Lipinski definition) is 0. The maximum atomic E-state index is 12.1. The Morgan fingerprint density at radius 3 is 1.69 bits per heavy atom. The maximum Gasteiger partial charge on any atom is 0.416 e. The first-order chi connectivity index (χ1) is 7.18. The Morgan fingerprint density at radius 1 is 0.812 bits per heavy atom. The highest BCUT2D eigenvalue weighted by molar-refractivity contribution is 5.50. The zero-order valence-corrected chi connectivity index (χ0v) is 7.73. The molecule has 1 aromatic carbocycles. The second-order valence-electron chi connectivity index (χ2n) is 2.99. The summed E-state index contributed by atoms with van der Waals surface area (Å²) < 4.78 is 71.5. The summed E-state index contributed by atoms with van der Waals surface area (Å²) in [5.74, 6) is 0. The van der Waals surface area contributed by atoms with Gasteiger partial charge >= 0.3 is 12.4 Å². The van der Waals surface area contributed by atoms with Crippen LogP contribution in [-0.4, -0.2) is 6.18 Å². The van der Waals surface area contributed by atoms with Gasteiger partial charge < -0.3 is 0 Å². The van der Waals surface area contributed by atoms with Crippen LogP contribution in [0.1, 0.15) is 11.1 Å². The van der Waals surface area contributed by atoms with E-state index in [2.05, 4.69) is 0 Å². The minimum Gasteiger partial charge on any atom is -0.167 e. The Bertz CT molecular complexity index is 368. The summed E-state index contributed by atoms with van der Waals surface area (Å²) in [6.45, 7) is 0. The minimum atomic E-state index is -4.48. The van der Waals surface area contributed by atoms with Crippen molar-refractivity contribution in [2.24, 2.45) is 0 Å².